The van der Waals surface area contributed by atoms with Crippen LogP contribution in [-0.4, -0.2) is 59.5 Å². The molecule has 0 N–H and O–H groups in total. The minimum absolute atomic E-state index is 0.123. The summed E-state index contributed by atoms with van der Waals surface area (Å²) in [6.45, 7) is -14.5. The number of halogens is 5. The lowest BCUT2D eigenvalue weighted by Crippen LogP contribution is -2.48. The highest BCUT2D eigenvalue weighted by Gasteiger charge is 2.31. The van der Waals surface area contributed by atoms with Crippen molar-refractivity contribution >= 4 is 28.6 Å². The van der Waals surface area contributed by atoms with Gasteiger partial charge in [-0.1, -0.05) is 60.1 Å². The second-order valence-electron chi connectivity index (χ2n) is 11.4. The molecule has 4 aromatic carbocycles. The van der Waals surface area contributed by atoms with Crippen LogP contribution >= 0.6 is 11.8 Å². The summed E-state index contributed by atoms with van der Waals surface area (Å²) in [7, 11) is -3.17. The number of hydrogen-bond acceptors (Lipinski definition) is 5. The highest BCUT2D eigenvalue weighted by molar-refractivity contribution is 7.98. The van der Waals surface area contributed by atoms with Crippen LogP contribution in [0.2, 0.25) is 0 Å². The van der Waals surface area contributed by atoms with Crippen molar-refractivity contribution in [1.82, 2.24) is 14.4 Å². The molecule has 1 fully saturated rings. The third-order valence-corrected chi connectivity index (χ3v) is 8.80. The van der Waals surface area contributed by atoms with Gasteiger partial charge in [-0.05, 0) is 66.6 Å². The number of aromatic nitrogens is 1. The lowest BCUT2D eigenvalue weighted by atomic mass is 10.00. The minimum Gasteiger partial charge on any atom is -0.383 e. The maximum Gasteiger partial charge on any atom is 0.416 e. The number of alkyl halides is 3. The Morgan fingerprint density at radius 2 is 1.75 bits per heavy atom. The van der Waals surface area contributed by atoms with Crippen LogP contribution in [0, 0.1) is 18.6 Å². The SMILES string of the molecule is [2H]c1c(C)c([2H])c2c(=O)c([2H])c(SCc3cccc(F)c3F)n(CC(=O)N(C([2H])([2H])c3ccc(-c4ccc(C(F)(F)F)cc4)cc3)C3([2H])C([2H])([2H])C([2H])([2H])N(CCOC([2H])([2H])[2H])C([2H])([2H])C3([2H])[2H])c2c1[2H]. The second-order valence-corrected chi connectivity index (χ2v) is 12.4. The zero-order valence-electron chi connectivity index (χ0n) is 45.5. The van der Waals surface area contributed by atoms with Crippen molar-refractivity contribution in [1.29, 1.82) is 0 Å². The monoisotopic (exact) mass is 767 g/mol. The predicted octanol–water partition coefficient (Wildman–Crippen LogP) is 8.71. The molecule has 0 unspecified atom stereocenters. The van der Waals surface area contributed by atoms with E-state index >= 15 is 4.79 Å². The number of hydrogen-bond donors (Lipinski definition) is 0. The highest BCUT2D eigenvalue weighted by atomic mass is 32.2. The Bertz CT molecular complexity index is 2930. The number of methoxy groups -OCH3 is 1. The van der Waals surface area contributed by atoms with Gasteiger partial charge in [-0.3, -0.25) is 9.59 Å². The molecule has 1 saturated heterocycles. The molecule has 0 bridgehead atoms. The van der Waals surface area contributed by atoms with Crippen LogP contribution in [0.1, 0.15) is 59.7 Å². The summed E-state index contributed by atoms with van der Waals surface area (Å²) in [6, 6.07) is 2.86. The van der Waals surface area contributed by atoms with E-state index in [-0.39, 0.29) is 27.2 Å². The number of carbonyl (C=O) groups excluding carboxylic acids is 1. The molecule has 0 saturated carbocycles. The lowest BCUT2D eigenvalue weighted by Gasteiger charge is -2.39. The summed E-state index contributed by atoms with van der Waals surface area (Å²) in [5.74, 6) is -5.29. The Labute approximate surface area is 334 Å². The van der Waals surface area contributed by atoms with Gasteiger partial charge < -0.3 is 19.1 Å². The van der Waals surface area contributed by atoms with Gasteiger partial charge in [0.1, 0.15) is 6.54 Å². The number of piperidine rings is 1. The zero-order valence-corrected chi connectivity index (χ0v) is 28.4. The molecule has 0 radical (unpaired) electrons. The normalized spacial score (nSPS) is 24.0. The maximum atomic E-state index is 15.5. The molecule has 0 aliphatic carbocycles. The molecule has 0 atom stereocenters. The molecule has 2 heterocycles. The van der Waals surface area contributed by atoms with Crippen LogP contribution in [0.25, 0.3) is 22.0 Å². The zero-order chi connectivity index (χ0) is 53.6. The van der Waals surface area contributed by atoms with Gasteiger partial charge in [0.05, 0.1) is 36.4 Å². The van der Waals surface area contributed by atoms with Crippen molar-refractivity contribution in [3.8, 4) is 11.1 Å². The number of benzene rings is 4. The van der Waals surface area contributed by atoms with E-state index < -0.39 is 156 Å². The molecule has 1 amide bonds. The number of rotatable bonds is 12. The molecule has 1 aliphatic heterocycles. The van der Waals surface area contributed by atoms with Crippen LogP contribution < -0.4 is 5.43 Å². The number of ether oxygens (including phenoxy) is 1. The number of thioether (sulfide) groups is 1. The van der Waals surface area contributed by atoms with Gasteiger partial charge in [-0.25, -0.2) is 8.78 Å². The summed E-state index contributed by atoms with van der Waals surface area (Å²) in [4.78, 5) is 28.8. The van der Waals surface area contributed by atoms with Crippen LogP contribution in [0.3, 0.4) is 0 Å². The van der Waals surface area contributed by atoms with E-state index in [0.717, 1.165) is 66.7 Å². The van der Waals surface area contributed by atoms with E-state index in [2.05, 4.69) is 4.74 Å². The topological polar surface area (TPSA) is 54.8 Å². The summed E-state index contributed by atoms with van der Waals surface area (Å²) in [5.41, 5.74) is -4.18. The van der Waals surface area contributed by atoms with Gasteiger partial charge in [0, 0.05) is 72.8 Å². The first kappa shape index (κ1) is 21.4. The standard InChI is InChI=1S/C41H40F5N3O3S/c1-27-6-15-36-34(22-27)37(50)23-39(53-26-31-4-3-5-35(42)40(31)43)49(36)25-38(51)48(33-16-18-47(19-17-33)20-21-52-2)24-28-7-9-29(10-8-28)30-11-13-32(14-12-30)41(44,45)46/h3-15,22-23,33H,16-21,24-26H2,1-2H3/i2D3,6D,15D,16D2,17D2,18D2,19D2,22D,23D,24D2,33D. The Kier molecular flexibility index (Phi) is 6.72. The van der Waals surface area contributed by atoms with Crippen LogP contribution in [0.15, 0.2) is 101 Å². The van der Waals surface area contributed by atoms with Gasteiger partial charge in [0.25, 0.3) is 0 Å². The summed E-state index contributed by atoms with van der Waals surface area (Å²) in [5, 5.41) is -1.46. The van der Waals surface area contributed by atoms with E-state index in [1.807, 2.05) is 0 Å². The van der Waals surface area contributed by atoms with Crippen molar-refractivity contribution < 1.29 is 56.2 Å². The first-order chi connectivity index (χ1) is 32.4. The molecule has 278 valence electrons. The van der Waals surface area contributed by atoms with Crippen molar-refractivity contribution in [2.24, 2.45) is 0 Å². The molecule has 53 heavy (non-hydrogen) atoms. The lowest BCUT2D eigenvalue weighted by molar-refractivity contribution is -0.137. The number of nitrogens with zero attached hydrogens (tertiary/aromatic N) is 3. The fraction of sp³-hybridized carbons (Fsp3) is 0.317. The molecule has 6 rings (SSSR count). The minimum atomic E-state index is -4.71. The van der Waals surface area contributed by atoms with E-state index in [1.165, 1.54) is 6.92 Å². The maximum absolute atomic E-state index is 15.5. The van der Waals surface area contributed by atoms with Crippen LogP contribution in [-0.2, 0) is 34.5 Å². The largest absolute Gasteiger partial charge is 0.416 e. The molecular weight excluding hydrogens is 710 g/mol. The summed E-state index contributed by atoms with van der Waals surface area (Å²) in [6.07, 6.45) is -13.3. The van der Waals surface area contributed by atoms with Crippen LogP contribution in [0.4, 0.5) is 22.0 Å². The van der Waals surface area contributed by atoms with E-state index in [9.17, 15) is 36.3 Å². The van der Waals surface area contributed by atoms with Gasteiger partial charge in [-0.15, -0.1) is 11.8 Å². The van der Waals surface area contributed by atoms with E-state index in [4.69, 9.17) is 15.1 Å². The summed E-state index contributed by atoms with van der Waals surface area (Å²) < 4.78 is 234. The van der Waals surface area contributed by atoms with Crippen molar-refractivity contribution in [3.63, 3.8) is 0 Å². The van der Waals surface area contributed by atoms with Gasteiger partial charge in [0.2, 0.25) is 5.91 Å². The number of likely N-dealkylation sites (tertiary alicyclic amines) is 1. The Balaban J connectivity index is 1.63. The molecule has 1 aliphatic rings. The number of pyridine rings is 1. The second kappa shape index (κ2) is 16.7. The molecule has 0 spiro atoms. The van der Waals surface area contributed by atoms with E-state index in [0.29, 0.717) is 16.3 Å². The molecular formula is C41H40F5N3O3S. The van der Waals surface area contributed by atoms with Crippen molar-refractivity contribution in [3.05, 3.63) is 135 Å². The van der Waals surface area contributed by atoms with Crippen molar-refractivity contribution in [2.45, 2.75) is 55.7 Å². The quantitative estimate of drug-likeness (QED) is 0.0940. The van der Waals surface area contributed by atoms with Gasteiger partial charge in [-0.2, -0.15) is 13.2 Å². The fourth-order valence-electron chi connectivity index (χ4n) is 5.09. The Morgan fingerprint density at radius 1 is 1.06 bits per heavy atom. The Morgan fingerprint density at radius 3 is 2.43 bits per heavy atom. The molecule has 12 heteroatoms. The first-order valence-electron chi connectivity index (χ1n) is 24.6. The average Bonchev–Trinajstić information content (AvgIpc) is 3.27. The Hall–Kier alpha value is -4.52. The van der Waals surface area contributed by atoms with E-state index in [1.54, 1.807) is 0 Å². The van der Waals surface area contributed by atoms with Gasteiger partial charge >= 0.3 is 6.18 Å². The number of amides is 1. The van der Waals surface area contributed by atoms with Gasteiger partial charge in [0.15, 0.2) is 17.1 Å². The number of carbonyl (C=O) groups is 1. The third-order valence-electron chi connectivity index (χ3n) is 7.75. The smallest absolute Gasteiger partial charge is 0.383 e. The highest BCUT2D eigenvalue weighted by Crippen LogP contribution is 2.32. The fourth-order valence-corrected chi connectivity index (χ4v) is 6.08. The predicted molar refractivity (Wildman–Crippen MR) is 198 cm³/mol. The molecule has 6 nitrogen and oxygen atoms in total. The third kappa shape index (κ3) is 9.17. The van der Waals surface area contributed by atoms with Crippen molar-refractivity contribution in [2.75, 3.05) is 33.2 Å². The average molecular weight is 768 g/mol. The number of fused-ring (bicyclic) bond motifs is 1. The first-order valence-corrected chi connectivity index (χ1v) is 16.6. The molecule has 5 aromatic rings. The van der Waals surface area contributed by atoms with Crippen LogP contribution in [0.5, 0.6) is 0 Å². The molecule has 1 aromatic heterocycles. The summed E-state index contributed by atoms with van der Waals surface area (Å²) >= 11 is 0.368.